The van der Waals surface area contributed by atoms with Gasteiger partial charge in [0.2, 0.25) is 0 Å². The average molecular weight is 392 g/mol. The normalized spacial score (nSPS) is 18.2. The molecular weight excluding hydrogens is 362 g/mol. The second kappa shape index (κ2) is 8.00. The molecule has 0 unspecified atom stereocenters. The van der Waals surface area contributed by atoms with Gasteiger partial charge in [-0.2, -0.15) is 0 Å². The third-order valence-corrected chi connectivity index (χ3v) is 6.54. The summed E-state index contributed by atoms with van der Waals surface area (Å²) in [5.74, 6) is -0.264. The zero-order valence-electron chi connectivity index (χ0n) is 16.6. The molecule has 2 aromatic rings. The lowest BCUT2D eigenvalue weighted by atomic mass is 10.1. The first-order valence-corrected chi connectivity index (χ1v) is 13.1. The Morgan fingerprint density at radius 1 is 1.44 bits per heavy atom. The van der Waals surface area contributed by atoms with Gasteiger partial charge in [-0.05, 0) is 25.1 Å². The van der Waals surface area contributed by atoms with E-state index in [1.54, 1.807) is 12.1 Å². The Morgan fingerprint density at radius 2 is 2.22 bits per heavy atom. The number of aromatic carboxylic acids is 1. The molecule has 1 N–H and O–H groups in total. The van der Waals surface area contributed by atoms with Crippen LogP contribution in [-0.2, 0) is 16.2 Å². The van der Waals surface area contributed by atoms with Crippen LogP contribution in [0.5, 0.6) is 0 Å². The number of carboxylic acid groups (broad SMARTS) is 1. The molecular formula is C19H29N3O4Si. The van der Waals surface area contributed by atoms with Crippen LogP contribution in [0.3, 0.4) is 0 Å². The number of hydrogen-bond acceptors (Lipinski definition) is 5. The smallest absolute Gasteiger partial charge is 0.336 e. The predicted molar refractivity (Wildman–Crippen MR) is 108 cm³/mol. The summed E-state index contributed by atoms with van der Waals surface area (Å²) in [4.78, 5) is 18.7. The number of pyridine rings is 1. The van der Waals surface area contributed by atoms with Crippen LogP contribution in [0.1, 0.15) is 17.3 Å². The van der Waals surface area contributed by atoms with Crippen LogP contribution in [0.4, 0.5) is 5.82 Å². The van der Waals surface area contributed by atoms with E-state index in [9.17, 15) is 9.90 Å². The van der Waals surface area contributed by atoms with Crippen LogP contribution < -0.4 is 4.90 Å². The van der Waals surface area contributed by atoms with E-state index in [1.807, 2.05) is 10.8 Å². The summed E-state index contributed by atoms with van der Waals surface area (Å²) in [5.41, 5.74) is 0.922. The third kappa shape index (κ3) is 4.69. The number of hydrogen-bond donors (Lipinski definition) is 1. The Labute approximate surface area is 160 Å². The van der Waals surface area contributed by atoms with E-state index in [1.165, 1.54) is 0 Å². The van der Waals surface area contributed by atoms with Crippen molar-refractivity contribution in [1.29, 1.82) is 0 Å². The number of aromatic nitrogens is 2. The summed E-state index contributed by atoms with van der Waals surface area (Å²) in [7, 11) is -1.14. The van der Waals surface area contributed by atoms with Crippen molar-refractivity contribution in [3.05, 3.63) is 23.9 Å². The minimum Gasteiger partial charge on any atom is -0.478 e. The van der Waals surface area contributed by atoms with Crippen molar-refractivity contribution >= 4 is 30.9 Å². The van der Waals surface area contributed by atoms with Crippen molar-refractivity contribution in [3.8, 4) is 0 Å². The van der Waals surface area contributed by atoms with Crippen molar-refractivity contribution in [2.24, 2.45) is 0 Å². The summed E-state index contributed by atoms with van der Waals surface area (Å²) in [6.45, 7) is 12.0. The molecule has 2 aromatic heterocycles. The van der Waals surface area contributed by atoms with Crippen LogP contribution in [-0.4, -0.2) is 61.1 Å². The Balaban J connectivity index is 1.88. The van der Waals surface area contributed by atoms with Gasteiger partial charge in [0.25, 0.3) is 0 Å². The molecule has 0 amide bonds. The van der Waals surface area contributed by atoms with Gasteiger partial charge in [-0.1, -0.05) is 19.6 Å². The SMILES string of the molecule is C[C@@H]1COCCN1c1cc(C(=O)O)c2ccn(COCC[Si](C)(C)C)c2n1. The number of nitrogens with zero attached hydrogens (tertiary/aromatic N) is 3. The van der Waals surface area contributed by atoms with E-state index in [4.69, 9.17) is 14.5 Å². The van der Waals surface area contributed by atoms with Crippen LogP contribution in [0.25, 0.3) is 11.0 Å². The van der Waals surface area contributed by atoms with Gasteiger partial charge < -0.3 is 24.0 Å². The second-order valence-electron chi connectivity index (χ2n) is 8.32. The molecule has 3 rings (SSSR count). The maximum Gasteiger partial charge on any atom is 0.336 e. The molecule has 0 spiro atoms. The lowest BCUT2D eigenvalue weighted by molar-refractivity contribution is 0.0698. The molecule has 8 heteroatoms. The quantitative estimate of drug-likeness (QED) is 0.577. The fraction of sp³-hybridized carbons (Fsp3) is 0.579. The molecule has 0 radical (unpaired) electrons. The van der Waals surface area contributed by atoms with Gasteiger partial charge in [-0.15, -0.1) is 0 Å². The summed E-state index contributed by atoms with van der Waals surface area (Å²) in [6, 6.07) is 4.72. The molecule has 3 heterocycles. The third-order valence-electron chi connectivity index (χ3n) is 4.84. The number of rotatable bonds is 7. The van der Waals surface area contributed by atoms with Gasteiger partial charge in [0.15, 0.2) is 0 Å². The largest absolute Gasteiger partial charge is 0.478 e. The Bertz CT molecular complexity index is 815. The van der Waals surface area contributed by atoms with Crippen molar-refractivity contribution in [2.75, 3.05) is 31.3 Å². The molecule has 7 nitrogen and oxygen atoms in total. The van der Waals surface area contributed by atoms with E-state index >= 15 is 0 Å². The Hall–Kier alpha value is -1.90. The van der Waals surface area contributed by atoms with E-state index in [2.05, 4.69) is 31.5 Å². The molecule has 148 valence electrons. The van der Waals surface area contributed by atoms with Crippen LogP contribution in [0.15, 0.2) is 18.3 Å². The predicted octanol–water partition coefficient (Wildman–Crippen LogP) is 3.27. The fourth-order valence-corrected chi connectivity index (χ4v) is 3.94. The van der Waals surface area contributed by atoms with Crippen LogP contribution in [0, 0.1) is 0 Å². The van der Waals surface area contributed by atoms with Gasteiger partial charge >= 0.3 is 5.97 Å². The van der Waals surface area contributed by atoms with Crippen molar-refractivity contribution in [1.82, 2.24) is 9.55 Å². The highest BCUT2D eigenvalue weighted by atomic mass is 28.3. The highest BCUT2D eigenvalue weighted by molar-refractivity contribution is 6.76. The van der Waals surface area contributed by atoms with Crippen molar-refractivity contribution in [2.45, 2.75) is 45.4 Å². The molecule has 1 saturated heterocycles. The summed E-state index contributed by atoms with van der Waals surface area (Å²) >= 11 is 0. The molecule has 1 atom stereocenters. The average Bonchev–Trinajstić information content (AvgIpc) is 3.00. The molecule has 1 aliphatic rings. The standard InChI is InChI=1S/C19H29N3O4Si/c1-14-12-25-8-7-22(14)17-11-16(19(23)24)15-5-6-21(18(15)20-17)13-26-9-10-27(2,3)4/h5-6,11,14H,7-10,12-13H2,1-4H3,(H,23,24)/t14-/m1/s1. The highest BCUT2D eigenvalue weighted by Crippen LogP contribution is 2.26. The lowest BCUT2D eigenvalue weighted by Crippen LogP contribution is -2.44. The molecule has 1 fully saturated rings. The van der Waals surface area contributed by atoms with Crippen LogP contribution in [0.2, 0.25) is 25.7 Å². The van der Waals surface area contributed by atoms with Gasteiger partial charge in [-0.25, -0.2) is 9.78 Å². The van der Waals surface area contributed by atoms with Gasteiger partial charge in [0.1, 0.15) is 18.2 Å². The zero-order chi connectivity index (χ0) is 19.6. The maximum absolute atomic E-state index is 11.8. The molecule has 0 aliphatic carbocycles. The first-order chi connectivity index (χ1) is 12.8. The Kier molecular flexibility index (Phi) is 5.88. The monoisotopic (exact) mass is 391 g/mol. The molecule has 0 aromatic carbocycles. The summed E-state index contributed by atoms with van der Waals surface area (Å²) < 4.78 is 13.2. The summed E-state index contributed by atoms with van der Waals surface area (Å²) in [5, 5.41) is 10.3. The van der Waals surface area contributed by atoms with Gasteiger partial charge in [0.05, 0.1) is 24.8 Å². The Morgan fingerprint density at radius 3 is 2.89 bits per heavy atom. The second-order valence-corrected chi connectivity index (χ2v) is 13.9. The number of anilines is 1. The number of ether oxygens (including phenoxy) is 2. The maximum atomic E-state index is 11.8. The van der Waals surface area contributed by atoms with Crippen molar-refractivity contribution in [3.63, 3.8) is 0 Å². The van der Waals surface area contributed by atoms with Crippen molar-refractivity contribution < 1.29 is 19.4 Å². The zero-order valence-corrected chi connectivity index (χ0v) is 17.6. The van der Waals surface area contributed by atoms with Crippen LogP contribution >= 0.6 is 0 Å². The van der Waals surface area contributed by atoms with Gasteiger partial charge in [0, 0.05) is 32.8 Å². The van der Waals surface area contributed by atoms with E-state index in [0.717, 1.165) is 6.04 Å². The number of carbonyl (C=O) groups is 1. The first kappa shape index (κ1) is 19.8. The summed E-state index contributed by atoms with van der Waals surface area (Å²) in [6.07, 6.45) is 1.85. The molecule has 0 bridgehead atoms. The first-order valence-electron chi connectivity index (χ1n) is 9.41. The van der Waals surface area contributed by atoms with E-state index in [-0.39, 0.29) is 11.6 Å². The molecule has 27 heavy (non-hydrogen) atoms. The van der Waals surface area contributed by atoms with E-state index < -0.39 is 14.0 Å². The van der Waals surface area contributed by atoms with Gasteiger partial charge in [-0.3, -0.25) is 0 Å². The number of morpholine rings is 1. The lowest BCUT2D eigenvalue weighted by Gasteiger charge is -2.34. The highest BCUT2D eigenvalue weighted by Gasteiger charge is 2.23. The molecule has 0 saturated carbocycles. The molecule has 1 aliphatic heterocycles. The number of carboxylic acids is 1. The number of fused-ring (bicyclic) bond motifs is 1. The minimum atomic E-state index is -1.14. The fourth-order valence-electron chi connectivity index (χ4n) is 3.18. The topological polar surface area (TPSA) is 76.8 Å². The minimum absolute atomic E-state index is 0.154. The van der Waals surface area contributed by atoms with E-state index in [0.29, 0.717) is 49.9 Å².